The van der Waals surface area contributed by atoms with Crippen LogP contribution in [0.4, 0.5) is 18.0 Å². The Balaban J connectivity index is 1.57. The van der Waals surface area contributed by atoms with Crippen LogP contribution in [0.25, 0.3) is 0 Å². The largest absolute Gasteiger partial charge is 0.465 e. The lowest BCUT2D eigenvalue weighted by atomic mass is 9.57. The van der Waals surface area contributed by atoms with E-state index in [0.717, 1.165) is 12.3 Å². The van der Waals surface area contributed by atoms with Gasteiger partial charge < -0.3 is 15.7 Å². The first kappa shape index (κ1) is 18.5. The van der Waals surface area contributed by atoms with Crippen LogP contribution in [0.3, 0.4) is 0 Å². The zero-order chi connectivity index (χ0) is 19.0. The predicted molar refractivity (Wildman–Crippen MR) is 85.1 cm³/mol. The third kappa shape index (κ3) is 3.61. The lowest BCUT2D eigenvalue weighted by Gasteiger charge is -2.52. The van der Waals surface area contributed by atoms with Crippen molar-refractivity contribution in [1.29, 1.82) is 0 Å². The third-order valence-corrected chi connectivity index (χ3v) is 5.68. The average molecular weight is 371 g/mol. The van der Waals surface area contributed by atoms with Gasteiger partial charge >= 0.3 is 12.3 Å². The Labute approximate surface area is 148 Å². The molecule has 3 fully saturated rings. The van der Waals surface area contributed by atoms with Gasteiger partial charge in [-0.3, -0.25) is 9.78 Å². The summed E-state index contributed by atoms with van der Waals surface area (Å²) in [5, 5.41) is 14.3. The Kier molecular flexibility index (Phi) is 4.58. The highest BCUT2D eigenvalue weighted by molar-refractivity contribution is 5.83. The lowest BCUT2D eigenvalue weighted by Crippen LogP contribution is -2.59. The fourth-order valence-corrected chi connectivity index (χ4v) is 4.00. The Morgan fingerprint density at radius 3 is 2.19 bits per heavy atom. The molecular formula is C17H20F3N3O3. The van der Waals surface area contributed by atoms with Crippen molar-refractivity contribution in [3.05, 3.63) is 29.6 Å². The minimum Gasteiger partial charge on any atom is -0.465 e. The highest BCUT2D eigenvalue weighted by atomic mass is 19.4. The van der Waals surface area contributed by atoms with Crippen molar-refractivity contribution in [3.63, 3.8) is 0 Å². The zero-order valence-corrected chi connectivity index (χ0v) is 14.0. The van der Waals surface area contributed by atoms with Crippen LogP contribution in [0.15, 0.2) is 18.3 Å². The number of nitrogens with zero attached hydrogens (tertiary/aromatic N) is 1. The summed E-state index contributed by atoms with van der Waals surface area (Å²) in [5.74, 6) is -0.136. The van der Waals surface area contributed by atoms with Crippen molar-refractivity contribution < 1.29 is 27.9 Å². The molecular weight excluding hydrogens is 351 g/mol. The Hall–Kier alpha value is -2.32. The Morgan fingerprint density at radius 1 is 1.12 bits per heavy atom. The molecule has 6 nitrogen and oxygen atoms in total. The molecule has 9 heteroatoms. The van der Waals surface area contributed by atoms with Gasteiger partial charge in [-0.25, -0.2) is 4.79 Å². The molecule has 4 rings (SSSR count). The first-order valence-electron chi connectivity index (χ1n) is 8.46. The molecule has 0 saturated heterocycles. The topological polar surface area (TPSA) is 91.3 Å². The van der Waals surface area contributed by atoms with Crippen LogP contribution < -0.4 is 10.6 Å². The molecule has 1 heterocycles. The monoisotopic (exact) mass is 371 g/mol. The molecule has 2 amide bonds. The average Bonchev–Trinajstić information content (AvgIpc) is 2.60. The molecule has 0 spiro atoms. The second-order valence-electron chi connectivity index (χ2n) is 7.21. The van der Waals surface area contributed by atoms with Crippen LogP contribution in [0.1, 0.15) is 49.8 Å². The van der Waals surface area contributed by atoms with E-state index in [9.17, 15) is 22.8 Å². The highest BCUT2D eigenvalue weighted by Crippen LogP contribution is 2.52. The maximum Gasteiger partial charge on any atom is 0.417 e. The van der Waals surface area contributed by atoms with Crippen LogP contribution >= 0.6 is 0 Å². The Bertz CT molecular complexity index is 679. The summed E-state index contributed by atoms with van der Waals surface area (Å²) >= 11 is 0. The molecule has 3 N–H and O–H groups in total. The molecule has 0 unspecified atom stereocenters. The van der Waals surface area contributed by atoms with Crippen LogP contribution in [-0.2, 0) is 17.5 Å². The van der Waals surface area contributed by atoms with Crippen molar-refractivity contribution in [2.75, 3.05) is 0 Å². The molecule has 142 valence electrons. The van der Waals surface area contributed by atoms with Crippen LogP contribution in [0.5, 0.6) is 0 Å². The molecule has 1 aromatic heterocycles. The number of fused-ring (bicyclic) bond motifs is 3. The van der Waals surface area contributed by atoms with Crippen LogP contribution in [0, 0.1) is 5.41 Å². The molecule has 0 atom stereocenters. The van der Waals surface area contributed by atoms with E-state index in [4.69, 9.17) is 5.11 Å². The normalized spacial score (nSPS) is 27.8. The number of nitrogens with one attached hydrogen (secondary N) is 2. The Morgan fingerprint density at radius 2 is 1.73 bits per heavy atom. The molecule has 26 heavy (non-hydrogen) atoms. The number of carbonyl (C=O) groups excluding carboxylic acids is 1. The first-order valence-corrected chi connectivity index (χ1v) is 8.46. The van der Waals surface area contributed by atoms with E-state index in [0.29, 0.717) is 44.2 Å². The number of carboxylic acid groups (broad SMARTS) is 1. The van der Waals surface area contributed by atoms with Crippen molar-refractivity contribution in [2.45, 2.75) is 56.8 Å². The molecule has 0 radical (unpaired) electrons. The zero-order valence-electron chi connectivity index (χ0n) is 14.0. The maximum absolute atomic E-state index is 12.6. The summed E-state index contributed by atoms with van der Waals surface area (Å²) in [5.41, 5.74) is -1.42. The summed E-state index contributed by atoms with van der Waals surface area (Å²) in [6.07, 6.45) is -1.08. The minimum absolute atomic E-state index is 0.0667. The molecule has 3 aliphatic carbocycles. The lowest BCUT2D eigenvalue weighted by molar-refractivity contribution is -0.139. The predicted octanol–water partition coefficient (Wildman–Crippen LogP) is 3.08. The number of hydrogen-bond acceptors (Lipinski definition) is 3. The number of aromatic nitrogens is 1. The SMILES string of the molecule is O=C(O)NC12CCC(C(=O)NCc3ccc(C(F)(F)F)cn3)(CC1)CC2. The summed E-state index contributed by atoms with van der Waals surface area (Å²) in [7, 11) is 0. The van der Waals surface area contributed by atoms with Crippen LogP contribution in [0.2, 0.25) is 0 Å². The summed E-state index contributed by atoms with van der Waals surface area (Å²) in [6.45, 7) is 0.0667. The number of halogens is 3. The number of amides is 2. The maximum atomic E-state index is 12.6. The number of carbonyl (C=O) groups is 2. The summed E-state index contributed by atoms with van der Waals surface area (Å²) in [4.78, 5) is 27.3. The smallest absolute Gasteiger partial charge is 0.417 e. The standard InChI is InChI=1S/C17H20F3N3O3/c18-17(19,20)11-1-2-12(21-9-11)10-22-13(24)15-3-6-16(7-4-15,8-5-15)23-14(25)26/h1-2,9,23H,3-8,10H2,(H,22,24)(H,25,26). The van der Waals surface area contributed by atoms with Gasteiger partial charge in [-0.15, -0.1) is 0 Å². The van der Waals surface area contributed by atoms with Gasteiger partial charge in [-0.2, -0.15) is 13.2 Å². The second kappa shape index (κ2) is 6.44. The van der Waals surface area contributed by atoms with E-state index < -0.39 is 28.8 Å². The van der Waals surface area contributed by atoms with E-state index in [1.54, 1.807) is 0 Å². The minimum atomic E-state index is -4.44. The summed E-state index contributed by atoms with van der Waals surface area (Å²) in [6, 6.07) is 2.20. The second-order valence-corrected chi connectivity index (χ2v) is 7.21. The highest BCUT2D eigenvalue weighted by Gasteiger charge is 2.52. The van der Waals surface area contributed by atoms with E-state index >= 15 is 0 Å². The fourth-order valence-electron chi connectivity index (χ4n) is 4.00. The van der Waals surface area contributed by atoms with Crippen LogP contribution in [-0.4, -0.2) is 27.6 Å². The number of alkyl halides is 3. The van der Waals surface area contributed by atoms with Crippen molar-refractivity contribution >= 4 is 12.0 Å². The third-order valence-electron chi connectivity index (χ3n) is 5.68. The summed E-state index contributed by atoms with van der Waals surface area (Å²) < 4.78 is 37.6. The molecule has 3 aliphatic rings. The van der Waals surface area contributed by atoms with Gasteiger partial charge in [0.2, 0.25) is 5.91 Å². The quantitative estimate of drug-likeness (QED) is 0.759. The molecule has 1 aromatic rings. The van der Waals surface area contributed by atoms with E-state index in [2.05, 4.69) is 15.6 Å². The molecule has 3 saturated carbocycles. The number of rotatable bonds is 4. The van der Waals surface area contributed by atoms with Gasteiger partial charge in [-0.1, -0.05) is 0 Å². The number of hydrogen-bond donors (Lipinski definition) is 3. The molecule has 2 bridgehead atoms. The number of pyridine rings is 1. The van der Waals surface area contributed by atoms with Gasteiger partial charge in [-0.05, 0) is 50.7 Å². The first-order chi connectivity index (χ1) is 12.1. The fraction of sp³-hybridized carbons (Fsp3) is 0.588. The van der Waals surface area contributed by atoms with Crippen molar-refractivity contribution in [2.24, 2.45) is 5.41 Å². The molecule has 0 aliphatic heterocycles. The van der Waals surface area contributed by atoms with Gasteiger partial charge in [0.05, 0.1) is 17.8 Å². The van der Waals surface area contributed by atoms with Crippen molar-refractivity contribution in [3.8, 4) is 0 Å². The molecule has 0 aromatic carbocycles. The van der Waals surface area contributed by atoms with E-state index in [1.807, 2.05) is 0 Å². The van der Waals surface area contributed by atoms with E-state index in [-0.39, 0.29) is 12.5 Å². The van der Waals surface area contributed by atoms with Gasteiger partial charge in [0.15, 0.2) is 0 Å². The van der Waals surface area contributed by atoms with Gasteiger partial charge in [0.25, 0.3) is 0 Å². The van der Waals surface area contributed by atoms with Crippen molar-refractivity contribution in [1.82, 2.24) is 15.6 Å². The van der Waals surface area contributed by atoms with Gasteiger partial charge in [0, 0.05) is 17.2 Å². The van der Waals surface area contributed by atoms with E-state index in [1.165, 1.54) is 6.07 Å². The van der Waals surface area contributed by atoms with Gasteiger partial charge in [0.1, 0.15) is 0 Å².